The van der Waals surface area contributed by atoms with E-state index in [0.29, 0.717) is 29.4 Å². The molecule has 0 amide bonds. The van der Waals surface area contributed by atoms with Crippen LogP contribution in [-0.2, 0) is 24.8 Å². The van der Waals surface area contributed by atoms with Crippen molar-refractivity contribution in [2.75, 3.05) is 25.0 Å². The highest BCUT2D eigenvalue weighted by molar-refractivity contribution is 5.63. The lowest BCUT2D eigenvalue weighted by Crippen LogP contribution is -2.32. The highest BCUT2D eigenvalue weighted by Crippen LogP contribution is 2.26. The quantitative estimate of drug-likeness (QED) is 0.242. The van der Waals surface area contributed by atoms with Crippen LogP contribution in [0.5, 0.6) is 0 Å². The average Bonchev–Trinajstić information content (AvgIpc) is 3.30. The fourth-order valence-electron chi connectivity index (χ4n) is 5.59. The summed E-state index contributed by atoms with van der Waals surface area (Å²) in [5.41, 5.74) is 8.03. The number of aromatic nitrogens is 5. The van der Waals surface area contributed by atoms with E-state index in [9.17, 15) is 4.79 Å². The van der Waals surface area contributed by atoms with Crippen molar-refractivity contribution in [1.29, 1.82) is 0 Å². The number of H-pyrrole nitrogens is 1. The molecule has 2 N–H and O–H groups in total. The molecule has 0 bridgehead atoms. The molecule has 1 aliphatic heterocycles. The summed E-state index contributed by atoms with van der Waals surface area (Å²) in [7, 11) is 0. The van der Waals surface area contributed by atoms with Gasteiger partial charge < -0.3 is 5.32 Å². The summed E-state index contributed by atoms with van der Waals surface area (Å²) in [6.07, 6.45) is 4.31. The highest BCUT2D eigenvalue weighted by atomic mass is 16.1. The number of rotatable bonds is 8. The van der Waals surface area contributed by atoms with Crippen molar-refractivity contribution in [2.45, 2.75) is 58.9 Å². The van der Waals surface area contributed by atoms with Crippen molar-refractivity contribution >= 4 is 11.6 Å². The molecule has 0 saturated carbocycles. The van der Waals surface area contributed by atoms with Crippen LogP contribution in [0.15, 0.2) is 71.7 Å². The summed E-state index contributed by atoms with van der Waals surface area (Å²) in [6, 6.07) is 21.1. The number of nitrogens with zero attached hydrogens (tertiary/aromatic N) is 5. The molecule has 0 saturated heterocycles. The van der Waals surface area contributed by atoms with Gasteiger partial charge in [-0.05, 0) is 53.5 Å². The summed E-state index contributed by atoms with van der Waals surface area (Å²) in [5.74, 6) is 1.18. The van der Waals surface area contributed by atoms with Gasteiger partial charge in [0.2, 0.25) is 5.95 Å². The van der Waals surface area contributed by atoms with Gasteiger partial charge in [-0.25, -0.2) is 9.50 Å². The number of aryl methyl sites for hydroxylation is 1. The first-order chi connectivity index (χ1) is 20.2. The zero-order valence-corrected chi connectivity index (χ0v) is 24.9. The van der Waals surface area contributed by atoms with E-state index in [2.05, 4.69) is 89.6 Å². The Bertz CT molecular complexity index is 1740. The van der Waals surface area contributed by atoms with Crippen LogP contribution in [0.3, 0.4) is 0 Å². The number of benzene rings is 2. The maximum absolute atomic E-state index is 13.2. The van der Waals surface area contributed by atoms with E-state index in [1.807, 2.05) is 25.3 Å². The number of hydrogen-bond donors (Lipinski definition) is 2. The number of pyridine rings is 1. The van der Waals surface area contributed by atoms with Gasteiger partial charge in [-0.2, -0.15) is 4.98 Å². The van der Waals surface area contributed by atoms with Crippen molar-refractivity contribution in [1.82, 2.24) is 29.5 Å². The Kier molecular flexibility index (Phi) is 7.64. The molecule has 0 aliphatic carbocycles. The molecule has 216 valence electrons. The Morgan fingerprint density at radius 2 is 1.76 bits per heavy atom. The molecule has 2 aromatic carbocycles. The van der Waals surface area contributed by atoms with E-state index >= 15 is 0 Å². The predicted octanol–water partition coefficient (Wildman–Crippen LogP) is 5.54. The maximum atomic E-state index is 13.2. The lowest BCUT2D eigenvalue weighted by molar-refractivity contribution is 0.253. The minimum atomic E-state index is -0.167. The molecule has 4 heterocycles. The lowest BCUT2D eigenvalue weighted by atomic mass is 9.87. The summed E-state index contributed by atoms with van der Waals surface area (Å²) in [6.45, 7) is 12.3. The first-order valence-corrected chi connectivity index (χ1v) is 14.8. The SMILES string of the molecule is Cc1ccc(Cc2c(=O)[nH]n3c(NCCCN4CCc5ccccc5C4)nc(-c4ccc(C(C)(C)C)cc4)nc23)cn1. The zero-order valence-electron chi connectivity index (χ0n) is 24.9. The molecular weight excluding hydrogens is 522 g/mol. The second-order valence-corrected chi connectivity index (χ2v) is 12.3. The standard InChI is InChI=1S/C34H39N7O/c1-23-10-11-24(21-36-23)20-29-31-37-30(26-12-14-28(15-13-26)34(2,3)4)38-33(41(31)39-32(29)42)35-17-7-18-40-19-16-25-8-5-6-9-27(25)22-40/h5-6,8-15,21H,7,16-20,22H2,1-4H3,(H,39,42)(H,35,37,38). The number of nitrogens with one attached hydrogen (secondary N) is 2. The normalized spacial score (nSPS) is 13.8. The molecule has 3 aromatic heterocycles. The molecule has 42 heavy (non-hydrogen) atoms. The second kappa shape index (κ2) is 11.5. The predicted molar refractivity (Wildman–Crippen MR) is 168 cm³/mol. The summed E-state index contributed by atoms with van der Waals surface area (Å²) in [5, 5.41) is 6.49. The van der Waals surface area contributed by atoms with Crippen LogP contribution in [0.4, 0.5) is 5.95 Å². The van der Waals surface area contributed by atoms with Crippen LogP contribution in [0.25, 0.3) is 17.0 Å². The molecule has 5 aromatic rings. The third-order valence-electron chi connectivity index (χ3n) is 8.11. The number of hydrogen-bond acceptors (Lipinski definition) is 6. The molecule has 8 nitrogen and oxygen atoms in total. The largest absolute Gasteiger partial charge is 0.354 e. The van der Waals surface area contributed by atoms with Gasteiger partial charge in [0.25, 0.3) is 5.56 Å². The summed E-state index contributed by atoms with van der Waals surface area (Å²) >= 11 is 0. The van der Waals surface area contributed by atoms with Crippen molar-refractivity contribution in [3.8, 4) is 11.4 Å². The van der Waals surface area contributed by atoms with Crippen LogP contribution in [0, 0.1) is 6.92 Å². The number of anilines is 1. The Balaban J connectivity index is 1.27. The first kappa shape index (κ1) is 27.8. The third-order valence-corrected chi connectivity index (χ3v) is 8.11. The summed E-state index contributed by atoms with van der Waals surface area (Å²) in [4.78, 5) is 29.9. The van der Waals surface area contributed by atoms with Gasteiger partial charge in [0.15, 0.2) is 11.5 Å². The fraction of sp³-hybridized carbons (Fsp3) is 0.353. The molecule has 0 fully saturated rings. The zero-order chi connectivity index (χ0) is 29.3. The van der Waals surface area contributed by atoms with Crippen molar-refractivity contribution in [3.05, 3.63) is 111 Å². The van der Waals surface area contributed by atoms with Gasteiger partial charge in [-0.15, -0.1) is 0 Å². The molecule has 8 heteroatoms. The van der Waals surface area contributed by atoms with Gasteiger partial charge in [-0.1, -0.05) is 75.4 Å². The smallest absolute Gasteiger partial charge is 0.270 e. The molecule has 0 radical (unpaired) electrons. The fourth-order valence-corrected chi connectivity index (χ4v) is 5.59. The highest BCUT2D eigenvalue weighted by Gasteiger charge is 2.19. The van der Waals surface area contributed by atoms with Crippen LogP contribution in [-0.4, -0.2) is 49.1 Å². The topological polar surface area (TPSA) is 91.2 Å². The van der Waals surface area contributed by atoms with Crippen LogP contribution < -0.4 is 10.9 Å². The van der Waals surface area contributed by atoms with Crippen molar-refractivity contribution in [3.63, 3.8) is 0 Å². The number of aromatic amines is 1. The number of fused-ring (bicyclic) bond motifs is 2. The van der Waals surface area contributed by atoms with E-state index in [0.717, 1.165) is 55.8 Å². The van der Waals surface area contributed by atoms with E-state index in [1.54, 1.807) is 4.52 Å². The van der Waals surface area contributed by atoms with Gasteiger partial charge in [0, 0.05) is 50.1 Å². The van der Waals surface area contributed by atoms with Crippen molar-refractivity contribution < 1.29 is 0 Å². The van der Waals surface area contributed by atoms with E-state index in [1.165, 1.54) is 16.7 Å². The molecule has 0 unspecified atom stereocenters. The molecule has 6 rings (SSSR count). The maximum Gasteiger partial charge on any atom is 0.270 e. The average molecular weight is 562 g/mol. The van der Waals surface area contributed by atoms with Crippen LogP contribution >= 0.6 is 0 Å². The Morgan fingerprint density at radius 1 is 0.976 bits per heavy atom. The van der Waals surface area contributed by atoms with Gasteiger partial charge in [0.05, 0.1) is 5.56 Å². The minimum absolute atomic E-state index is 0.0513. The molecule has 1 aliphatic rings. The van der Waals surface area contributed by atoms with Crippen molar-refractivity contribution in [2.24, 2.45) is 0 Å². The van der Waals surface area contributed by atoms with E-state index in [-0.39, 0.29) is 11.0 Å². The summed E-state index contributed by atoms with van der Waals surface area (Å²) < 4.78 is 1.70. The molecule has 0 atom stereocenters. The van der Waals surface area contributed by atoms with E-state index < -0.39 is 0 Å². The second-order valence-electron chi connectivity index (χ2n) is 12.3. The van der Waals surface area contributed by atoms with Crippen LogP contribution in [0.2, 0.25) is 0 Å². The Labute approximate surface area is 246 Å². The monoisotopic (exact) mass is 561 g/mol. The molecule has 0 spiro atoms. The van der Waals surface area contributed by atoms with Gasteiger partial charge in [0.1, 0.15) is 0 Å². The first-order valence-electron chi connectivity index (χ1n) is 14.8. The van der Waals surface area contributed by atoms with Gasteiger partial charge >= 0.3 is 0 Å². The van der Waals surface area contributed by atoms with Crippen LogP contribution in [0.1, 0.15) is 60.7 Å². The van der Waals surface area contributed by atoms with Gasteiger partial charge in [-0.3, -0.25) is 19.8 Å². The molecular formula is C34H39N7O. The Hall–Kier alpha value is -4.30. The minimum Gasteiger partial charge on any atom is -0.354 e. The lowest BCUT2D eigenvalue weighted by Gasteiger charge is -2.28. The Morgan fingerprint density at radius 3 is 2.50 bits per heavy atom. The van der Waals surface area contributed by atoms with E-state index in [4.69, 9.17) is 9.97 Å². The third kappa shape index (κ3) is 5.99.